The van der Waals surface area contributed by atoms with Gasteiger partial charge in [0.05, 0.1) is 0 Å². The van der Waals surface area contributed by atoms with Crippen LogP contribution in [0.4, 0.5) is 0 Å². The van der Waals surface area contributed by atoms with Crippen LogP contribution in [-0.4, -0.2) is 22.8 Å². The first kappa shape index (κ1) is 21.0. The van der Waals surface area contributed by atoms with Crippen LogP contribution in [0.5, 0.6) is 0 Å². The van der Waals surface area contributed by atoms with E-state index in [2.05, 4.69) is 39.5 Å². The lowest BCUT2D eigenvalue weighted by molar-refractivity contribution is -0.134. The largest absolute Gasteiger partial charge is 0.481 e. The Bertz CT molecular complexity index is 343. The molecule has 0 aromatic heterocycles. The fourth-order valence-corrected chi connectivity index (χ4v) is 1.47. The molecule has 0 amide bonds. The van der Waals surface area contributed by atoms with E-state index in [9.17, 15) is 0 Å². The zero-order valence-electron chi connectivity index (χ0n) is 13.6. The van der Waals surface area contributed by atoms with E-state index >= 15 is 0 Å². The Balaban J connectivity index is 0. The van der Waals surface area contributed by atoms with Gasteiger partial charge in [-0.05, 0) is 47.0 Å². The summed E-state index contributed by atoms with van der Waals surface area (Å²) < 4.78 is 0. The molecule has 20 heavy (non-hydrogen) atoms. The van der Waals surface area contributed by atoms with Gasteiger partial charge in [-0.2, -0.15) is 0 Å². The van der Waals surface area contributed by atoms with Crippen LogP contribution < -0.4 is 0 Å². The summed E-state index contributed by atoms with van der Waals surface area (Å²) in [6.07, 6.45) is 7.63. The molecule has 0 spiro atoms. The molecule has 0 aliphatic heterocycles. The average Bonchev–Trinajstić information content (AvgIpc) is 2.27. The van der Waals surface area contributed by atoms with Crippen LogP contribution >= 0.6 is 0 Å². The number of rotatable bonds is 7. The fourth-order valence-electron chi connectivity index (χ4n) is 1.47. The smallest absolute Gasteiger partial charge is 0.300 e. The van der Waals surface area contributed by atoms with Gasteiger partial charge in [0.2, 0.25) is 0 Å². The van der Waals surface area contributed by atoms with Gasteiger partial charge >= 0.3 is 0 Å². The Kier molecular flexibility index (Phi) is 13.3. The van der Waals surface area contributed by atoms with Crippen LogP contribution in [-0.2, 0) is 4.79 Å². The molecule has 0 saturated carbocycles. The molecule has 3 nitrogen and oxygen atoms in total. The standard InChI is InChI=1S/C15H26O.C2H4O2/c1-12(2)7-6-8-14(5)9-10-15(11-16)13(3)4;1-2(3)4/h7,9,15-16H,3,6,8,10-11H2,1-2,4-5H3;1H3,(H,3,4). The third-order valence-corrected chi connectivity index (χ3v) is 2.76. The van der Waals surface area contributed by atoms with Gasteiger partial charge in [0.25, 0.3) is 5.97 Å². The molecule has 1 unspecified atom stereocenters. The Morgan fingerprint density at radius 2 is 1.65 bits per heavy atom. The second-order valence-corrected chi connectivity index (χ2v) is 5.35. The number of hydrogen-bond donors (Lipinski definition) is 2. The third-order valence-electron chi connectivity index (χ3n) is 2.76. The Morgan fingerprint density at radius 1 is 1.15 bits per heavy atom. The molecule has 0 saturated heterocycles. The van der Waals surface area contributed by atoms with Crippen molar-refractivity contribution in [3.63, 3.8) is 0 Å². The molecule has 0 radical (unpaired) electrons. The molecular formula is C17H30O3. The molecule has 0 aromatic rings. The van der Waals surface area contributed by atoms with Crippen LogP contribution in [0.15, 0.2) is 35.5 Å². The molecule has 0 heterocycles. The number of hydrogen-bond acceptors (Lipinski definition) is 2. The number of carboxylic acid groups (broad SMARTS) is 1. The van der Waals surface area contributed by atoms with Gasteiger partial charge in [-0.1, -0.05) is 35.5 Å². The first-order valence-corrected chi connectivity index (χ1v) is 6.95. The Labute approximate surface area is 123 Å². The van der Waals surface area contributed by atoms with Crippen LogP contribution in [0.25, 0.3) is 0 Å². The van der Waals surface area contributed by atoms with Crippen LogP contribution in [0.3, 0.4) is 0 Å². The van der Waals surface area contributed by atoms with Crippen molar-refractivity contribution >= 4 is 5.97 Å². The lowest BCUT2D eigenvalue weighted by Gasteiger charge is -2.11. The van der Waals surface area contributed by atoms with E-state index in [0.717, 1.165) is 31.8 Å². The molecule has 0 rings (SSSR count). The van der Waals surface area contributed by atoms with Gasteiger partial charge in [0, 0.05) is 19.4 Å². The van der Waals surface area contributed by atoms with Crippen LogP contribution in [0.2, 0.25) is 0 Å². The normalized spacial score (nSPS) is 12.0. The average molecular weight is 282 g/mol. The highest BCUT2D eigenvalue weighted by Gasteiger charge is 2.05. The maximum Gasteiger partial charge on any atom is 0.300 e. The van der Waals surface area contributed by atoms with E-state index in [1.54, 1.807) is 0 Å². The van der Waals surface area contributed by atoms with Crippen molar-refractivity contribution in [2.75, 3.05) is 6.61 Å². The van der Waals surface area contributed by atoms with Crippen molar-refractivity contribution < 1.29 is 15.0 Å². The lowest BCUT2D eigenvalue weighted by atomic mass is 9.97. The van der Waals surface area contributed by atoms with E-state index in [4.69, 9.17) is 15.0 Å². The first-order valence-electron chi connectivity index (χ1n) is 6.95. The van der Waals surface area contributed by atoms with Crippen molar-refractivity contribution in [3.8, 4) is 0 Å². The zero-order valence-corrected chi connectivity index (χ0v) is 13.6. The number of aliphatic hydroxyl groups is 1. The third kappa shape index (κ3) is 16.6. The molecule has 0 bridgehead atoms. The zero-order chi connectivity index (χ0) is 16.1. The lowest BCUT2D eigenvalue weighted by Crippen LogP contribution is -2.05. The van der Waals surface area contributed by atoms with Crippen molar-refractivity contribution in [2.24, 2.45) is 5.92 Å². The summed E-state index contributed by atoms with van der Waals surface area (Å²) >= 11 is 0. The van der Waals surface area contributed by atoms with Crippen LogP contribution in [0.1, 0.15) is 53.9 Å². The van der Waals surface area contributed by atoms with Crippen LogP contribution in [0, 0.1) is 5.92 Å². The van der Waals surface area contributed by atoms with Crippen molar-refractivity contribution in [1.29, 1.82) is 0 Å². The summed E-state index contributed by atoms with van der Waals surface area (Å²) in [5, 5.41) is 16.6. The van der Waals surface area contributed by atoms with E-state index in [-0.39, 0.29) is 12.5 Å². The SMILES string of the molecule is C=C(C)C(CO)CC=C(C)CCC=C(C)C.CC(=O)O. The minimum atomic E-state index is -0.833. The maximum atomic E-state index is 9.16. The monoisotopic (exact) mass is 282 g/mol. The highest BCUT2D eigenvalue weighted by molar-refractivity contribution is 5.62. The predicted octanol–water partition coefficient (Wildman–Crippen LogP) is 4.34. The van der Waals surface area contributed by atoms with E-state index < -0.39 is 5.97 Å². The highest BCUT2D eigenvalue weighted by atomic mass is 16.4. The molecule has 0 aliphatic carbocycles. The molecule has 1 atom stereocenters. The van der Waals surface area contributed by atoms with Crippen molar-refractivity contribution in [2.45, 2.75) is 53.9 Å². The first-order chi connectivity index (χ1) is 9.20. The molecule has 0 aliphatic rings. The minimum Gasteiger partial charge on any atom is -0.481 e. The predicted molar refractivity (Wildman–Crippen MR) is 85.7 cm³/mol. The molecular weight excluding hydrogens is 252 g/mol. The topological polar surface area (TPSA) is 57.5 Å². The Morgan fingerprint density at radius 3 is 2.00 bits per heavy atom. The number of aliphatic carboxylic acids is 1. The van der Waals surface area contributed by atoms with Gasteiger partial charge < -0.3 is 10.2 Å². The second-order valence-electron chi connectivity index (χ2n) is 5.35. The summed E-state index contributed by atoms with van der Waals surface area (Å²) in [6.45, 7) is 13.6. The molecule has 116 valence electrons. The number of carbonyl (C=O) groups is 1. The van der Waals surface area contributed by atoms with E-state index in [0.29, 0.717) is 0 Å². The number of carboxylic acids is 1. The molecule has 3 heteroatoms. The summed E-state index contributed by atoms with van der Waals surface area (Å²) in [4.78, 5) is 9.00. The molecule has 0 fully saturated rings. The minimum absolute atomic E-state index is 0.201. The van der Waals surface area contributed by atoms with Gasteiger partial charge in [-0.3, -0.25) is 4.79 Å². The molecule has 2 N–H and O–H groups in total. The summed E-state index contributed by atoms with van der Waals surface area (Å²) in [5.74, 6) is -0.613. The summed E-state index contributed by atoms with van der Waals surface area (Å²) in [6, 6.07) is 0. The second kappa shape index (κ2) is 12.7. The number of aliphatic hydroxyl groups excluding tert-OH is 1. The van der Waals surface area contributed by atoms with Gasteiger partial charge in [-0.25, -0.2) is 0 Å². The highest BCUT2D eigenvalue weighted by Crippen LogP contribution is 2.16. The van der Waals surface area contributed by atoms with Crippen molar-refractivity contribution in [1.82, 2.24) is 0 Å². The van der Waals surface area contributed by atoms with E-state index in [1.165, 1.54) is 11.1 Å². The van der Waals surface area contributed by atoms with Gasteiger partial charge in [0.1, 0.15) is 0 Å². The fraction of sp³-hybridized carbons (Fsp3) is 0.588. The summed E-state index contributed by atoms with van der Waals surface area (Å²) in [5.41, 5.74) is 3.84. The van der Waals surface area contributed by atoms with Gasteiger partial charge in [-0.15, -0.1) is 0 Å². The van der Waals surface area contributed by atoms with Gasteiger partial charge in [0.15, 0.2) is 0 Å². The number of allylic oxidation sites excluding steroid dienone is 4. The molecule has 0 aromatic carbocycles. The Hall–Kier alpha value is -1.35. The summed E-state index contributed by atoms with van der Waals surface area (Å²) in [7, 11) is 0. The maximum absolute atomic E-state index is 9.16. The van der Waals surface area contributed by atoms with E-state index in [1.807, 2.05) is 6.92 Å². The van der Waals surface area contributed by atoms with Crippen molar-refractivity contribution in [3.05, 3.63) is 35.5 Å². The quantitative estimate of drug-likeness (QED) is 0.683.